The van der Waals surface area contributed by atoms with Gasteiger partial charge in [0.2, 0.25) is 0 Å². The Labute approximate surface area is 87.0 Å². The van der Waals surface area contributed by atoms with Gasteiger partial charge in [0.15, 0.2) is 0 Å². The Morgan fingerprint density at radius 2 is 1.50 bits per heavy atom. The Balaban J connectivity index is 1.88. The van der Waals surface area contributed by atoms with E-state index in [1.807, 2.05) is 0 Å². The summed E-state index contributed by atoms with van der Waals surface area (Å²) < 4.78 is 11.4. The maximum Gasteiger partial charge on any atom is 0.0969 e. The van der Waals surface area contributed by atoms with Gasteiger partial charge in [-0.2, -0.15) is 0 Å². The SMILES string of the molecule is CC1(C)OC1CC1OC1(C)C(C)(C)C. The van der Waals surface area contributed by atoms with Crippen LogP contribution >= 0.6 is 0 Å². The van der Waals surface area contributed by atoms with Gasteiger partial charge in [-0.1, -0.05) is 20.8 Å². The first-order valence-corrected chi connectivity index (χ1v) is 5.52. The van der Waals surface area contributed by atoms with Gasteiger partial charge in [0.05, 0.1) is 23.4 Å². The largest absolute Gasteiger partial charge is 0.367 e. The minimum atomic E-state index is 0.0645. The molecule has 0 aromatic rings. The lowest BCUT2D eigenvalue weighted by Gasteiger charge is -2.24. The smallest absolute Gasteiger partial charge is 0.0969 e. The molecule has 2 heteroatoms. The lowest BCUT2D eigenvalue weighted by molar-refractivity contribution is 0.172. The van der Waals surface area contributed by atoms with Gasteiger partial charge in [0, 0.05) is 6.42 Å². The van der Waals surface area contributed by atoms with Crippen molar-refractivity contribution in [3.63, 3.8) is 0 Å². The topological polar surface area (TPSA) is 25.1 Å². The second-order valence-corrected chi connectivity index (χ2v) is 6.41. The average Bonchev–Trinajstić information content (AvgIpc) is 2.75. The summed E-state index contributed by atoms with van der Waals surface area (Å²) in [5.41, 5.74) is 0.399. The van der Waals surface area contributed by atoms with E-state index in [1.54, 1.807) is 0 Å². The van der Waals surface area contributed by atoms with Crippen LogP contribution in [-0.2, 0) is 9.47 Å². The lowest BCUT2D eigenvalue weighted by Crippen LogP contribution is -2.29. The molecule has 0 amide bonds. The summed E-state index contributed by atoms with van der Waals surface area (Å²) in [6, 6.07) is 0. The molecular formula is C12H22O2. The third kappa shape index (κ3) is 1.49. The van der Waals surface area contributed by atoms with E-state index < -0.39 is 0 Å². The minimum absolute atomic E-state index is 0.0645. The van der Waals surface area contributed by atoms with Gasteiger partial charge >= 0.3 is 0 Å². The van der Waals surface area contributed by atoms with Crippen LogP contribution in [0.5, 0.6) is 0 Å². The molecule has 2 rings (SSSR count). The van der Waals surface area contributed by atoms with Crippen molar-refractivity contribution in [3.05, 3.63) is 0 Å². The molecule has 0 radical (unpaired) electrons. The molecule has 0 bridgehead atoms. The van der Waals surface area contributed by atoms with Crippen molar-refractivity contribution in [2.75, 3.05) is 0 Å². The normalized spacial score (nSPS) is 45.0. The standard InChI is InChI=1S/C12H22O2/c1-10(2,3)12(6)9(14-12)7-8-11(4,5)13-8/h8-9H,7H2,1-6H3. The van der Waals surface area contributed by atoms with Gasteiger partial charge in [-0.15, -0.1) is 0 Å². The fourth-order valence-electron chi connectivity index (χ4n) is 2.05. The molecule has 3 atom stereocenters. The van der Waals surface area contributed by atoms with Crippen LogP contribution in [0.2, 0.25) is 0 Å². The molecule has 0 aromatic heterocycles. The summed E-state index contributed by atoms with van der Waals surface area (Å²) in [4.78, 5) is 0. The number of rotatable bonds is 2. The van der Waals surface area contributed by atoms with Gasteiger partial charge in [0.1, 0.15) is 0 Å². The van der Waals surface area contributed by atoms with Crippen LogP contribution in [0.3, 0.4) is 0 Å². The van der Waals surface area contributed by atoms with Crippen molar-refractivity contribution >= 4 is 0 Å². The quantitative estimate of drug-likeness (QED) is 0.637. The highest BCUT2D eigenvalue weighted by molar-refractivity contribution is 5.10. The second-order valence-electron chi connectivity index (χ2n) is 6.41. The van der Waals surface area contributed by atoms with E-state index in [9.17, 15) is 0 Å². The van der Waals surface area contributed by atoms with Gasteiger partial charge in [-0.25, -0.2) is 0 Å². The average molecular weight is 198 g/mol. The molecule has 2 heterocycles. The first-order chi connectivity index (χ1) is 6.17. The van der Waals surface area contributed by atoms with Gasteiger partial charge in [-0.3, -0.25) is 0 Å². The molecule has 0 N–H and O–H groups in total. The summed E-state index contributed by atoms with van der Waals surface area (Å²) in [6.07, 6.45) is 1.87. The summed E-state index contributed by atoms with van der Waals surface area (Å²) in [7, 11) is 0. The molecule has 0 spiro atoms. The van der Waals surface area contributed by atoms with E-state index in [-0.39, 0.29) is 16.6 Å². The number of hydrogen-bond acceptors (Lipinski definition) is 2. The lowest BCUT2D eigenvalue weighted by atomic mass is 9.78. The van der Waals surface area contributed by atoms with E-state index in [1.165, 1.54) is 0 Å². The van der Waals surface area contributed by atoms with E-state index in [0.717, 1.165) is 6.42 Å². The molecule has 2 saturated heterocycles. The summed E-state index contributed by atoms with van der Waals surface area (Å²) in [5.74, 6) is 0. The van der Waals surface area contributed by atoms with E-state index in [0.29, 0.717) is 12.2 Å². The van der Waals surface area contributed by atoms with Gasteiger partial charge in [0.25, 0.3) is 0 Å². The molecule has 14 heavy (non-hydrogen) atoms. The molecule has 2 fully saturated rings. The third-order valence-corrected chi connectivity index (χ3v) is 4.03. The summed E-state index contributed by atoms with van der Waals surface area (Å²) in [6.45, 7) is 13.2. The molecule has 0 aliphatic carbocycles. The zero-order valence-electron chi connectivity index (χ0n) is 10.2. The second kappa shape index (κ2) is 2.53. The number of ether oxygens (including phenoxy) is 2. The summed E-state index contributed by atoms with van der Waals surface area (Å²) >= 11 is 0. The van der Waals surface area contributed by atoms with Crippen LogP contribution in [-0.4, -0.2) is 23.4 Å². The first-order valence-electron chi connectivity index (χ1n) is 5.52. The minimum Gasteiger partial charge on any atom is -0.367 e. The molecular weight excluding hydrogens is 176 g/mol. The fraction of sp³-hybridized carbons (Fsp3) is 1.00. The Kier molecular flexibility index (Phi) is 1.89. The fourth-order valence-corrected chi connectivity index (χ4v) is 2.05. The maximum absolute atomic E-state index is 5.83. The predicted molar refractivity (Wildman–Crippen MR) is 56.3 cm³/mol. The van der Waals surface area contributed by atoms with Crippen LogP contribution in [0.1, 0.15) is 48.0 Å². The van der Waals surface area contributed by atoms with Crippen LogP contribution in [0.4, 0.5) is 0 Å². The molecule has 2 aliphatic heterocycles. The predicted octanol–water partition coefficient (Wildman–Crippen LogP) is 2.76. The van der Waals surface area contributed by atoms with Crippen molar-refractivity contribution < 1.29 is 9.47 Å². The summed E-state index contributed by atoms with van der Waals surface area (Å²) in [5, 5.41) is 0. The van der Waals surface area contributed by atoms with Crippen molar-refractivity contribution in [3.8, 4) is 0 Å². The first kappa shape index (κ1) is 10.4. The van der Waals surface area contributed by atoms with Gasteiger partial charge in [-0.05, 0) is 26.2 Å². The van der Waals surface area contributed by atoms with Crippen LogP contribution in [0.15, 0.2) is 0 Å². The highest BCUT2D eigenvalue weighted by atomic mass is 16.6. The van der Waals surface area contributed by atoms with Crippen LogP contribution in [0, 0.1) is 5.41 Å². The monoisotopic (exact) mass is 198 g/mol. The van der Waals surface area contributed by atoms with Gasteiger partial charge < -0.3 is 9.47 Å². The Morgan fingerprint density at radius 1 is 1.00 bits per heavy atom. The highest BCUT2D eigenvalue weighted by Crippen LogP contribution is 2.54. The maximum atomic E-state index is 5.83. The Bertz CT molecular complexity index is 252. The molecule has 0 aromatic carbocycles. The van der Waals surface area contributed by atoms with Crippen molar-refractivity contribution in [1.29, 1.82) is 0 Å². The number of epoxide rings is 2. The molecule has 0 saturated carbocycles. The zero-order chi connectivity index (χ0) is 10.8. The number of hydrogen-bond donors (Lipinski definition) is 0. The molecule has 2 nitrogen and oxygen atoms in total. The zero-order valence-corrected chi connectivity index (χ0v) is 10.2. The third-order valence-electron chi connectivity index (χ3n) is 4.03. The molecule has 82 valence electrons. The molecule has 2 aliphatic rings. The van der Waals surface area contributed by atoms with Crippen LogP contribution in [0.25, 0.3) is 0 Å². The van der Waals surface area contributed by atoms with E-state index in [4.69, 9.17) is 9.47 Å². The Morgan fingerprint density at radius 3 is 1.79 bits per heavy atom. The van der Waals surface area contributed by atoms with Crippen molar-refractivity contribution in [2.24, 2.45) is 5.41 Å². The Hall–Kier alpha value is -0.0800. The van der Waals surface area contributed by atoms with Crippen molar-refractivity contribution in [2.45, 2.75) is 71.4 Å². The van der Waals surface area contributed by atoms with Crippen molar-refractivity contribution in [1.82, 2.24) is 0 Å². The van der Waals surface area contributed by atoms with E-state index >= 15 is 0 Å². The molecule has 3 unspecified atom stereocenters. The van der Waals surface area contributed by atoms with Crippen LogP contribution < -0.4 is 0 Å². The van der Waals surface area contributed by atoms with E-state index in [2.05, 4.69) is 41.5 Å². The highest BCUT2D eigenvalue weighted by Gasteiger charge is 2.63.